The molecule has 0 radical (unpaired) electrons. The van der Waals surface area contributed by atoms with Crippen LogP contribution in [0, 0.1) is 0 Å². The van der Waals surface area contributed by atoms with Crippen molar-refractivity contribution in [3.8, 4) is 0 Å². The second-order valence-corrected chi connectivity index (χ2v) is 4.10. The summed E-state index contributed by atoms with van der Waals surface area (Å²) in [5.74, 6) is -0.172. The molecule has 1 aromatic carbocycles. The topological polar surface area (TPSA) is 34.1 Å². The average molecular weight is 218 g/mol. The number of ketones is 2. The Morgan fingerprint density at radius 2 is 1.75 bits per heavy atom. The van der Waals surface area contributed by atoms with Crippen LogP contribution >= 0.6 is 0 Å². The summed E-state index contributed by atoms with van der Waals surface area (Å²) >= 11 is 0. The number of benzene rings is 1. The number of rotatable bonds is 6. The van der Waals surface area contributed by atoms with Crippen LogP contribution in [0.3, 0.4) is 0 Å². The number of hydrogen-bond donors (Lipinski definition) is 0. The Bertz CT molecular complexity index is 363. The fourth-order valence-corrected chi connectivity index (χ4v) is 1.57. The van der Waals surface area contributed by atoms with Crippen LogP contribution in [0.25, 0.3) is 0 Å². The Hall–Kier alpha value is -1.44. The Morgan fingerprint density at radius 3 is 2.25 bits per heavy atom. The van der Waals surface area contributed by atoms with Crippen LogP contribution < -0.4 is 0 Å². The van der Waals surface area contributed by atoms with Crippen molar-refractivity contribution in [3.63, 3.8) is 0 Å². The first-order valence-corrected chi connectivity index (χ1v) is 5.75. The molecule has 1 rings (SSSR count). The maximum Gasteiger partial charge on any atom is 0.170 e. The Kier molecular flexibility index (Phi) is 4.90. The third-order valence-corrected chi connectivity index (χ3v) is 2.50. The number of unbranched alkanes of at least 4 members (excludes halogenated alkanes) is 1. The highest BCUT2D eigenvalue weighted by Gasteiger charge is 2.07. The van der Waals surface area contributed by atoms with Crippen molar-refractivity contribution in [3.05, 3.63) is 35.4 Å². The van der Waals surface area contributed by atoms with Crippen molar-refractivity contribution in [2.75, 3.05) is 0 Å². The number of aryl methyl sites for hydroxylation is 1. The molecule has 0 saturated heterocycles. The molecule has 86 valence electrons. The van der Waals surface area contributed by atoms with Crippen LogP contribution in [0.2, 0.25) is 0 Å². The van der Waals surface area contributed by atoms with E-state index in [9.17, 15) is 9.59 Å². The molecule has 0 saturated carbocycles. The minimum atomic E-state index is -0.0884. The van der Waals surface area contributed by atoms with Crippen molar-refractivity contribution in [2.45, 2.75) is 39.5 Å². The normalized spacial score (nSPS) is 10.1. The second kappa shape index (κ2) is 6.21. The second-order valence-electron chi connectivity index (χ2n) is 4.10. The lowest BCUT2D eigenvalue weighted by atomic mass is 10.0. The van der Waals surface area contributed by atoms with Gasteiger partial charge in [0.25, 0.3) is 0 Å². The van der Waals surface area contributed by atoms with Crippen molar-refractivity contribution >= 4 is 11.6 Å². The zero-order valence-corrected chi connectivity index (χ0v) is 9.95. The molecule has 0 aromatic heterocycles. The Balaban J connectivity index is 2.63. The van der Waals surface area contributed by atoms with Crippen LogP contribution in [-0.4, -0.2) is 11.6 Å². The predicted molar refractivity (Wildman–Crippen MR) is 64.7 cm³/mol. The van der Waals surface area contributed by atoms with Crippen LogP contribution in [0.4, 0.5) is 0 Å². The summed E-state index contributed by atoms with van der Waals surface area (Å²) in [4.78, 5) is 22.4. The van der Waals surface area contributed by atoms with Crippen LogP contribution in [0.15, 0.2) is 24.3 Å². The van der Waals surface area contributed by atoms with E-state index in [1.54, 1.807) is 0 Å². The Morgan fingerprint density at radius 1 is 1.12 bits per heavy atom. The van der Waals surface area contributed by atoms with Gasteiger partial charge in [-0.3, -0.25) is 9.59 Å². The van der Waals surface area contributed by atoms with Gasteiger partial charge in [-0.15, -0.1) is 0 Å². The van der Waals surface area contributed by atoms with E-state index in [1.807, 2.05) is 24.3 Å². The van der Waals surface area contributed by atoms with Gasteiger partial charge < -0.3 is 0 Å². The van der Waals surface area contributed by atoms with Crippen LogP contribution in [-0.2, 0) is 11.2 Å². The van der Waals surface area contributed by atoms with E-state index >= 15 is 0 Å². The van der Waals surface area contributed by atoms with Crippen molar-refractivity contribution in [2.24, 2.45) is 0 Å². The summed E-state index contributed by atoms with van der Waals surface area (Å²) in [6, 6.07) is 7.58. The molecule has 0 fully saturated rings. The molecule has 16 heavy (non-hydrogen) atoms. The van der Waals surface area contributed by atoms with Gasteiger partial charge in [0, 0.05) is 5.56 Å². The van der Waals surface area contributed by atoms with Gasteiger partial charge in [0.2, 0.25) is 0 Å². The highest BCUT2D eigenvalue weighted by Crippen LogP contribution is 2.09. The van der Waals surface area contributed by atoms with Crippen LogP contribution in [0.1, 0.15) is 49.0 Å². The SMILES string of the molecule is CCCCc1ccc(C(=O)CC(C)=O)cc1. The van der Waals surface area contributed by atoms with Gasteiger partial charge in [-0.2, -0.15) is 0 Å². The summed E-state index contributed by atoms with van der Waals surface area (Å²) in [6.45, 7) is 3.60. The molecule has 0 spiro atoms. The molecule has 2 heteroatoms. The first-order chi connectivity index (χ1) is 7.63. The molecular formula is C14H18O2. The van der Waals surface area contributed by atoms with E-state index < -0.39 is 0 Å². The first-order valence-electron chi connectivity index (χ1n) is 5.75. The summed E-state index contributed by atoms with van der Waals surface area (Å²) < 4.78 is 0. The molecule has 0 atom stereocenters. The third-order valence-electron chi connectivity index (χ3n) is 2.50. The predicted octanol–water partition coefficient (Wildman–Crippen LogP) is 3.19. The van der Waals surface area contributed by atoms with E-state index in [2.05, 4.69) is 6.92 Å². The van der Waals surface area contributed by atoms with E-state index in [1.165, 1.54) is 25.3 Å². The number of hydrogen-bond acceptors (Lipinski definition) is 2. The standard InChI is InChI=1S/C14H18O2/c1-3-4-5-12-6-8-13(9-7-12)14(16)10-11(2)15/h6-9H,3-5,10H2,1-2H3. The van der Waals surface area contributed by atoms with Crippen molar-refractivity contribution in [1.82, 2.24) is 0 Å². The zero-order chi connectivity index (χ0) is 12.0. The molecule has 0 amide bonds. The van der Waals surface area contributed by atoms with Gasteiger partial charge in [0.05, 0.1) is 6.42 Å². The third kappa shape index (κ3) is 3.97. The maximum atomic E-state index is 11.6. The highest BCUT2D eigenvalue weighted by atomic mass is 16.1. The fraction of sp³-hybridized carbons (Fsp3) is 0.429. The van der Waals surface area contributed by atoms with Gasteiger partial charge in [-0.25, -0.2) is 0 Å². The summed E-state index contributed by atoms with van der Waals surface area (Å²) in [7, 11) is 0. The van der Waals surface area contributed by atoms with Gasteiger partial charge >= 0.3 is 0 Å². The number of carbonyl (C=O) groups is 2. The summed E-state index contributed by atoms with van der Waals surface area (Å²) in [6.07, 6.45) is 3.40. The lowest BCUT2D eigenvalue weighted by molar-refractivity contribution is -0.116. The maximum absolute atomic E-state index is 11.6. The molecule has 0 aliphatic heterocycles. The van der Waals surface area contributed by atoms with Crippen molar-refractivity contribution in [1.29, 1.82) is 0 Å². The van der Waals surface area contributed by atoms with E-state index in [0.717, 1.165) is 6.42 Å². The van der Waals surface area contributed by atoms with E-state index in [-0.39, 0.29) is 18.0 Å². The summed E-state index contributed by atoms with van der Waals surface area (Å²) in [5, 5.41) is 0. The molecule has 0 aliphatic carbocycles. The number of carbonyl (C=O) groups excluding carboxylic acids is 2. The highest BCUT2D eigenvalue weighted by molar-refractivity contribution is 6.07. The molecule has 0 N–H and O–H groups in total. The molecule has 1 aromatic rings. The average Bonchev–Trinajstić information content (AvgIpc) is 2.26. The minimum absolute atomic E-state index is 0.00824. The quantitative estimate of drug-likeness (QED) is 0.543. The fourth-order valence-electron chi connectivity index (χ4n) is 1.57. The van der Waals surface area contributed by atoms with Crippen LogP contribution in [0.5, 0.6) is 0 Å². The minimum Gasteiger partial charge on any atom is -0.300 e. The Labute approximate surface area is 96.7 Å². The summed E-state index contributed by atoms with van der Waals surface area (Å²) in [5.41, 5.74) is 1.89. The smallest absolute Gasteiger partial charge is 0.170 e. The molecule has 0 unspecified atom stereocenters. The van der Waals surface area contributed by atoms with Gasteiger partial charge in [0.15, 0.2) is 5.78 Å². The molecule has 2 nitrogen and oxygen atoms in total. The van der Waals surface area contributed by atoms with Gasteiger partial charge in [-0.1, -0.05) is 37.6 Å². The van der Waals surface area contributed by atoms with E-state index in [0.29, 0.717) is 5.56 Å². The van der Waals surface area contributed by atoms with Gasteiger partial charge in [0.1, 0.15) is 5.78 Å². The number of Topliss-reactive ketones (excluding diaryl/α,β-unsaturated/α-hetero) is 2. The largest absolute Gasteiger partial charge is 0.300 e. The monoisotopic (exact) mass is 218 g/mol. The van der Waals surface area contributed by atoms with E-state index in [4.69, 9.17) is 0 Å². The first kappa shape index (κ1) is 12.6. The molecule has 0 heterocycles. The molecular weight excluding hydrogens is 200 g/mol. The lowest BCUT2D eigenvalue weighted by Gasteiger charge is -2.02. The van der Waals surface area contributed by atoms with Crippen molar-refractivity contribution < 1.29 is 9.59 Å². The molecule has 0 aliphatic rings. The lowest BCUT2D eigenvalue weighted by Crippen LogP contribution is -2.04. The van der Waals surface area contributed by atoms with Gasteiger partial charge in [-0.05, 0) is 25.3 Å². The zero-order valence-electron chi connectivity index (χ0n) is 9.95. The molecule has 0 bridgehead atoms.